The van der Waals surface area contributed by atoms with E-state index in [2.05, 4.69) is 15.6 Å². The van der Waals surface area contributed by atoms with Crippen molar-refractivity contribution in [3.8, 4) is 0 Å². The Balaban J connectivity index is 1.54. The molecule has 1 aliphatic carbocycles. The summed E-state index contributed by atoms with van der Waals surface area (Å²) in [5.41, 5.74) is 7.61. The smallest absolute Gasteiger partial charge is 0.271 e. The van der Waals surface area contributed by atoms with Gasteiger partial charge in [0.15, 0.2) is 0 Å². The number of benzene rings is 1. The average Bonchev–Trinajstić information content (AvgIpc) is 3.00. The van der Waals surface area contributed by atoms with Crippen LogP contribution < -0.4 is 16.4 Å². The van der Waals surface area contributed by atoms with E-state index in [4.69, 9.17) is 5.73 Å². The van der Waals surface area contributed by atoms with Gasteiger partial charge in [0.25, 0.3) is 5.91 Å². The van der Waals surface area contributed by atoms with Gasteiger partial charge >= 0.3 is 0 Å². The quantitative estimate of drug-likeness (QED) is 0.707. The lowest BCUT2D eigenvalue weighted by Crippen LogP contribution is -2.28. The highest BCUT2D eigenvalue weighted by atomic mass is 32.1. The number of carbonyl (C=O) groups is 2. The molecular weight excluding hydrogens is 336 g/mol. The van der Waals surface area contributed by atoms with Crippen LogP contribution in [-0.4, -0.2) is 23.3 Å². The third kappa shape index (κ3) is 4.64. The lowest BCUT2D eigenvalue weighted by molar-refractivity contribution is -0.122. The van der Waals surface area contributed by atoms with Crippen LogP contribution in [0.2, 0.25) is 0 Å². The number of aromatic nitrogens is 1. The molecule has 0 saturated heterocycles. The Labute approximate surface area is 150 Å². The summed E-state index contributed by atoms with van der Waals surface area (Å²) >= 11 is 1.44. The fourth-order valence-corrected chi connectivity index (χ4v) is 3.39. The van der Waals surface area contributed by atoms with E-state index in [1.165, 1.54) is 11.3 Å². The van der Waals surface area contributed by atoms with Gasteiger partial charge in [-0.3, -0.25) is 9.59 Å². The van der Waals surface area contributed by atoms with E-state index in [1.54, 1.807) is 5.38 Å². The summed E-state index contributed by atoms with van der Waals surface area (Å²) in [6.45, 7) is 0.906. The van der Waals surface area contributed by atoms with Crippen LogP contribution in [-0.2, 0) is 17.8 Å². The molecule has 0 spiro atoms. The molecule has 0 radical (unpaired) electrons. The highest BCUT2D eigenvalue weighted by molar-refractivity contribution is 7.09. The molecule has 2 amide bonds. The van der Waals surface area contributed by atoms with Crippen molar-refractivity contribution in [2.45, 2.75) is 32.2 Å². The number of anilines is 1. The summed E-state index contributed by atoms with van der Waals surface area (Å²) in [6, 6.07) is 7.54. The highest BCUT2D eigenvalue weighted by Gasteiger charge is 2.25. The van der Waals surface area contributed by atoms with Crippen molar-refractivity contribution < 1.29 is 9.59 Å². The van der Waals surface area contributed by atoms with Crippen LogP contribution in [0.25, 0.3) is 0 Å². The molecule has 0 unspecified atom stereocenters. The standard InChI is InChI=1S/C18H22N4O2S/c19-8-7-16-22-15(11-25-16)18(24)20-10-12-3-1-6-14(9-12)21-17(23)13-4-2-5-13/h1,3,6,9,11,13H,2,4-5,7-8,10,19H2,(H,20,24)(H,21,23). The van der Waals surface area contributed by atoms with E-state index in [0.29, 0.717) is 25.2 Å². The lowest BCUT2D eigenvalue weighted by Gasteiger charge is -2.24. The molecule has 2 aromatic rings. The van der Waals surface area contributed by atoms with Crippen molar-refractivity contribution in [2.24, 2.45) is 11.7 Å². The van der Waals surface area contributed by atoms with Crippen LogP contribution >= 0.6 is 11.3 Å². The van der Waals surface area contributed by atoms with E-state index >= 15 is 0 Å². The molecule has 0 bridgehead atoms. The largest absolute Gasteiger partial charge is 0.347 e. The second-order valence-electron chi connectivity index (χ2n) is 6.17. The topological polar surface area (TPSA) is 97.1 Å². The summed E-state index contributed by atoms with van der Waals surface area (Å²) in [5.74, 6) is 0.0292. The van der Waals surface area contributed by atoms with Crippen molar-refractivity contribution in [3.63, 3.8) is 0 Å². The second-order valence-corrected chi connectivity index (χ2v) is 7.11. The number of hydrogen-bond donors (Lipinski definition) is 3. The lowest BCUT2D eigenvalue weighted by atomic mass is 9.85. The number of rotatable bonds is 7. The van der Waals surface area contributed by atoms with Crippen LogP contribution in [0.15, 0.2) is 29.6 Å². The second kappa shape index (κ2) is 8.22. The molecule has 25 heavy (non-hydrogen) atoms. The monoisotopic (exact) mass is 358 g/mol. The number of amides is 2. The molecule has 1 aliphatic rings. The summed E-state index contributed by atoms with van der Waals surface area (Å²) in [4.78, 5) is 28.5. The Morgan fingerprint density at radius 1 is 1.32 bits per heavy atom. The Kier molecular flexibility index (Phi) is 5.78. The minimum Gasteiger partial charge on any atom is -0.347 e. The Hall–Kier alpha value is -2.25. The van der Waals surface area contributed by atoms with Crippen LogP contribution in [0.4, 0.5) is 5.69 Å². The molecule has 4 N–H and O–H groups in total. The van der Waals surface area contributed by atoms with Gasteiger partial charge in [0.2, 0.25) is 5.91 Å². The van der Waals surface area contributed by atoms with Crippen molar-refractivity contribution >= 4 is 28.8 Å². The first-order chi connectivity index (χ1) is 12.2. The van der Waals surface area contributed by atoms with Gasteiger partial charge in [-0.05, 0) is 37.1 Å². The number of carbonyl (C=O) groups excluding carboxylic acids is 2. The van der Waals surface area contributed by atoms with Crippen LogP contribution in [0.1, 0.15) is 40.3 Å². The highest BCUT2D eigenvalue weighted by Crippen LogP contribution is 2.27. The van der Waals surface area contributed by atoms with E-state index in [0.717, 1.165) is 35.5 Å². The predicted molar refractivity (Wildman–Crippen MR) is 98.5 cm³/mol. The molecule has 6 nitrogen and oxygen atoms in total. The van der Waals surface area contributed by atoms with Gasteiger partial charge in [0.05, 0.1) is 5.01 Å². The Bertz CT molecular complexity index is 755. The molecule has 1 aromatic heterocycles. The summed E-state index contributed by atoms with van der Waals surface area (Å²) < 4.78 is 0. The third-order valence-electron chi connectivity index (χ3n) is 4.27. The molecule has 3 rings (SSSR count). The molecule has 0 aliphatic heterocycles. The van der Waals surface area contributed by atoms with E-state index in [-0.39, 0.29) is 17.7 Å². The van der Waals surface area contributed by atoms with Gasteiger partial charge < -0.3 is 16.4 Å². The molecule has 1 aromatic carbocycles. The first kappa shape index (κ1) is 17.6. The minimum atomic E-state index is -0.205. The van der Waals surface area contributed by atoms with Gasteiger partial charge in [-0.2, -0.15) is 0 Å². The van der Waals surface area contributed by atoms with Crippen molar-refractivity contribution in [1.82, 2.24) is 10.3 Å². The molecule has 1 saturated carbocycles. The van der Waals surface area contributed by atoms with Crippen LogP contribution in [0.3, 0.4) is 0 Å². The van der Waals surface area contributed by atoms with Crippen LogP contribution in [0, 0.1) is 5.92 Å². The Morgan fingerprint density at radius 3 is 2.88 bits per heavy atom. The zero-order valence-electron chi connectivity index (χ0n) is 14.0. The van der Waals surface area contributed by atoms with E-state index in [9.17, 15) is 9.59 Å². The number of thiazole rings is 1. The zero-order valence-corrected chi connectivity index (χ0v) is 14.8. The molecule has 0 atom stereocenters. The van der Waals surface area contributed by atoms with E-state index < -0.39 is 0 Å². The fraction of sp³-hybridized carbons (Fsp3) is 0.389. The molecule has 132 valence electrons. The summed E-state index contributed by atoms with van der Waals surface area (Å²) in [5, 5.41) is 8.42. The maximum atomic E-state index is 12.2. The van der Waals surface area contributed by atoms with Crippen molar-refractivity contribution in [2.75, 3.05) is 11.9 Å². The molecule has 7 heteroatoms. The third-order valence-corrected chi connectivity index (χ3v) is 5.17. The molecule has 1 heterocycles. The minimum absolute atomic E-state index is 0.0855. The fourth-order valence-electron chi connectivity index (χ4n) is 2.60. The van der Waals surface area contributed by atoms with Crippen molar-refractivity contribution in [1.29, 1.82) is 0 Å². The van der Waals surface area contributed by atoms with Gasteiger partial charge in [0.1, 0.15) is 5.69 Å². The zero-order chi connectivity index (χ0) is 17.6. The first-order valence-corrected chi connectivity index (χ1v) is 9.36. The van der Waals surface area contributed by atoms with Gasteiger partial charge in [-0.15, -0.1) is 11.3 Å². The maximum Gasteiger partial charge on any atom is 0.271 e. The number of hydrogen-bond acceptors (Lipinski definition) is 5. The summed E-state index contributed by atoms with van der Waals surface area (Å²) in [6.07, 6.45) is 3.76. The van der Waals surface area contributed by atoms with Crippen molar-refractivity contribution in [3.05, 3.63) is 45.9 Å². The Morgan fingerprint density at radius 2 is 2.16 bits per heavy atom. The number of nitrogens with two attached hydrogens (primary N) is 1. The number of nitrogens with zero attached hydrogens (tertiary/aromatic N) is 1. The SMILES string of the molecule is NCCc1nc(C(=O)NCc2cccc(NC(=O)C3CCC3)c2)cs1. The normalized spacial score (nSPS) is 14.0. The van der Waals surface area contributed by atoms with E-state index in [1.807, 2.05) is 24.3 Å². The van der Waals surface area contributed by atoms with Gasteiger partial charge in [0, 0.05) is 30.0 Å². The molecule has 1 fully saturated rings. The van der Waals surface area contributed by atoms with Gasteiger partial charge in [-0.25, -0.2) is 4.98 Å². The summed E-state index contributed by atoms with van der Waals surface area (Å²) in [7, 11) is 0. The molecular formula is C18H22N4O2S. The van der Waals surface area contributed by atoms with Crippen LogP contribution in [0.5, 0.6) is 0 Å². The maximum absolute atomic E-state index is 12.2. The number of nitrogens with one attached hydrogen (secondary N) is 2. The predicted octanol–water partition coefficient (Wildman–Crippen LogP) is 2.31. The van der Waals surface area contributed by atoms with Gasteiger partial charge in [-0.1, -0.05) is 18.6 Å². The first-order valence-electron chi connectivity index (χ1n) is 8.48. The average molecular weight is 358 g/mol.